The molecule has 0 amide bonds. The number of hydrogen-bond acceptors (Lipinski definition) is 5. The fourth-order valence-corrected chi connectivity index (χ4v) is 2.68. The first kappa shape index (κ1) is 23.4. The van der Waals surface area contributed by atoms with E-state index in [2.05, 4.69) is 6.08 Å². The molecule has 0 atom stereocenters. The Labute approximate surface area is 166 Å². The van der Waals surface area contributed by atoms with Crippen LogP contribution in [0.4, 0.5) is 0 Å². The lowest BCUT2D eigenvalue weighted by Crippen LogP contribution is -2.02. The predicted octanol–water partition coefficient (Wildman–Crippen LogP) is 4.28. The fourth-order valence-electron chi connectivity index (χ4n) is 2.68. The molecule has 0 aromatic heterocycles. The van der Waals surface area contributed by atoms with Crippen molar-refractivity contribution >= 4 is 17.9 Å². The van der Waals surface area contributed by atoms with Crippen molar-refractivity contribution in [1.82, 2.24) is 0 Å². The van der Waals surface area contributed by atoms with E-state index in [0.717, 1.165) is 30.4 Å². The smallest absolute Gasteiger partial charge is 0.331 e. The van der Waals surface area contributed by atoms with Crippen LogP contribution in [-0.2, 0) is 23.9 Å². The number of ether oxygens (including phenoxy) is 2. The SMILES string of the molecule is CC(=O)OCC(C)=CCCC(=CCCC(C)=CCCC1=CC(=O)OC1)C(=O)O. The molecule has 0 saturated heterocycles. The molecule has 1 N–H and O–H groups in total. The van der Waals surface area contributed by atoms with Gasteiger partial charge in [0.05, 0.1) is 0 Å². The van der Waals surface area contributed by atoms with Gasteiger partial charge in [0, 0.05) is 18.6 Å². The van der Waals surface area contributed by atoms with E-state index in [1.807, 2.05) is 19.9 Å². The Morgan fingerprint density at radius 1 is 1.07 bits per heavy atom. The first-order valence-corrected chi connectivity index (χ1v) is 9.51. The van der Waals surface area contributed by atoms with Crippen LogP contribution in [0.2, 0.25) is 0 Å². The molecule has 0 aliphatic carbocycles. The standard InChI is InChI=1S/C22H30O6/c1-16(7-4-10-19-13-21(24)28-15-19)8-5-11-20(22(25)26)12-6-9-17(2)14-27-18(3)23/h7,9,11,13H,4-6,8,10,12,14-15H2,1-3H3,(H,25,26). The number of carbonyl (C=O) groups is 3. The van der Waals surface area contributed by atoms with Crippen LogP contribution in [0.25, 0.3) is 0 Å². The molecule has 0 unspecified atom stereocenters. The third kappa shape index (κ3) is 10.5. The lowest BCUT2D eigenvalue weighted by Gasteiger charge is -2.04. The number of rotatable bonds is 12. The summed E-state index contributed by atoms with van der Waals surface area (Å²) < 4.78 is 9.76. The van der Waals surface area contributed by atoms with Crippen LogP contribution in [0.1, 0.15) is 59.3 Å². The third-order valence-corrected chi connectivity index (χ3v) is 4.29. The summed E-state index contributed by atoms with van der Waals surface area (Å²) in [6, 6.07) is 0. The number of carboxylic acids is 1. The van der Waals surface area contributed by atoms with Gasteiger partial charge in [-0.15, -0.1) is 0 Å². The summed E-state index contributed by atoms with van der Waals surface area (Å²) in [5, 5.41) is 9.35. The van der Waals surface area contributed by atoms with Crippen molar-refractivity contribution < 1.29 is 29.0 Å². The molecule has 28 heavy (non-hydrogen) atoms. The van der Waals surface area contributed by atoms with E-state index in [9.17, 15) is 19.5 Å². The van der Waals surface area contributed by atoms with Gasteiger partial charge in [-0.25, -0.2) is 9.59 Å². The van der Waals surface area contributed by atoms with Crippen molar-refractivity contribution in [3.63, 3.8) is 0 Å². The molecule has 0 fully saturated rings. The average Bonchev–Trinajstić information content (AvgIpc) is 3.03. The second kappa shape index (κ2) is 12.7. The molecule has 6 nitrogen and oxygen atoms in total. The molecule has 0 saturated carbocycles. The summed E-state index contributed by atoms with van der Waals surface area (Å²) in [7, 11) is 0. The monoisotopic (exact) mass is 390 g/mol. The number of cyclic esters (lactones) is 1. The Balaban J connectivity index is 2.38. The minimum Gasteiger partial charge on any atom is -0.478 e. The summed E-state index contributed by atoms with van der Waals surface area (Å²) in [6.07, 6.45) is 11.5. The Hall–Kier alpha value is -2.63. The molecule has 1 aliphatic rings. The number of aliphatic carboxylic acids is 1. The number of carboxylic acid groups (broad SMARTS) is 1. The molecular weight excluding hydrogens is 360 g/mol. The molecule has 0 radical (unpaired) electrons. The molecule has 0 bridgehead atoms. The molecular formula is C22H30O6. The van der Waals surface area contributed by atoms with Gasteiger partial charge in [0.2, 0.25) is 0 Å². The maximum atomic E-state index is 11.4. The number of carbonyl (C=O) groups excluding carboxylic acids is 2. The predicted molar refractivity (Wildman–Crippen MR) is 107 cm³/mol. The quantitative estimate of drug-likeness (QED) is 0.304. The van der Waals surface area contributed by atoms with Crippen LogP contribution >= 0.6 is 0 Å². The first-order chi connectivity index (χ1) is 13.3. The van der Waals surface area contributed by atoms with Crippen LogP contribution < -0.4 is 0 Å². The Morgan fingerprint density at radius 3 is 2.36 bits per heavy atom. The largest absolute Gasteiger partial charge is 0.478 e. The maximum Gasteiger partial charge on any atom is 0.331 e. The summed E-state index contributed by atoms with van der Waals surface area (Å²) in [6.45, 7) is 5.87. The molecule has 0 spiro atoms. The van der Waals surface area contributed by atoms with Gasteiger partial charge in [0.25, 0.3) is 0 Å². The van der Waals surface area contributed by atoms with Crippen molar-refractivity contribution in [2.45, 2.75) is 59.3 Å². The molecule has 6 heteroatoms. The zero-order chi connectivity index (χ0) is 20.9. The topological polar surface area (TPSA) is 89.9 Å². The van der Waals surface area contributed by atoms with Gasteiger partial charge in [-0.1, -0.05) is 23.8 Å². The van der Waals surface area contributed by atoms with Crippen molar-refractivity contribution in [3.8, 4) is 0 Å². The van der Waals surface area contributed by atoms with E-state index in [0.29, 0.717) is 31.4 Å². The van der Waals surface area contributed by atoms with E-state index < -0.39 is 5.97 Å². The highest BCUT2D eigenvalue weighted by molar-refractivity contribution is 5.86. The summed E-state index contributed by atoms with van der Waals surface area (Å²) in [4.78, 5) is 33.2. The lowest BCUT2D eigenvalue weighted by molar-refractivity contribution is -0.140. The van der Waals surface area contributed by atoms with E-state index >= 15 is 0 Å². The Kier molecular flexibility index (Phi) is 10.6. The van der Waals surface area contributed by atoms with Gasteiger partial charge in [-0.2, -0.15) is 0 Å². The maximum absolute atomic E-state index is 11.4. The molecule has 0 aromatic carbocycles. The van der Waals surface area contributed by atoms with Gasteiger partial charge >= 0.3 is 17.9 Å². The lowest BCUT2D eigenvalue weighted by atomic mass is 10.0. The average molecular weight is 390 g/mol. The first-order valence-electron chi connectivity index (χ1n) is 9.51. The van der Waals surface area contributed by atoms with Gasteiger partial charge in [0.1, 0.15) is 13.2 Å². The number of esters is 2. The van der Waals surface area contributed by atoms with Crippen molar-refractivity contribution in [1.29, 1.82) is 0 Å². The zero-order valence-electron chi connectivity index (χ0n) is 17.0. The summed E-state index contributed by atoms with van der Waals surface area (Å²) in [5.41, 5.74) is 3.52. The molecule has 1 rings (SSSR count). The van der Waals surface area contributed by atoms with Gasteiger partial charge < -0.3 is 14.6 Å². The van der Waals surface area contributed by atoms with E-state index in [1.54, 1.807) is 12.2 Å². The van der Waals surface area contributed by atoms with Gasteiger partial charge in [-0.3, -0.25) is 4.79 Å². The van der Waals surface area contributed by atoms with Gasteiger partial charge in [0.15, 0.2) is 0 Å². The second-order valence-electron chi connectivity index (χ2n) is 6.94. The van der Waals surface area contributed by atoms with Gasteiger partial charge in [-0.05, 0) is 63.5 Å². The second-order valence-corrected chi connectivity index (χ2v) is 6.94. The minimum atomic E-state index is -0.898. The fraction of sp³-hybridized carbons (Fsp3) is 0.500. The summed E-state index contributed by atoms with van der Waals surface area (Å²) >= 11 is 0. The minimum absolute atomic E-state index is 0.239. The van der Waals surface area contributed by atoms with Crippen LogP contribution in [0.15, 0.2) is 46.6 Å². The Bertz CT molecular complexity index is 694. The van der Waals surface area contributed by atoms with Crippen LogP contribution in [0.3, 0.4) is 0 Å². The molecule has 1 heterocycles. The number of hydrogen-bond donors (Lipinski definition) is 1. The normalized spacial score (nSPS) is 15.3. The van der Waals surface area contributed by atoms with Crippen LogP contribution in [0.5, 0.6) is 0 Å². The van der Waals surface area contributed by atoms with E-state index in [-0.39, 0.29) is 18.5 Å². The van der Waals surface area contributed by atoms with Crippen molar-refractivity contribution in [2.75, 3.05) is 13.2 Å². The molecule has 0 aromatic rings. The van der Waals surface area contributed by atoms with Crippen molar-refractivity contribution in [3.05, 3.63) is 46.6 Å². The third-order valence-electron chi connectivity index (χ3n) is 4.29. The zero-order valence-corrected chi connectivity index (χ0v) is 17.0. The number of allylic oxidation sites excluding steroid dienone is 4. The van der Waals surface area contributed by atoms with E-state index in [1.165, 1.54) is 12.5 Å². The van der Waals surface area contributed by atoms with E-state index in [4.69, 9.17) is 9.47 Å². The molecule has 154 valence electrons. The van der Waals surface area contributed by atoms with Crippen LogP contribution in [0, 0.1) is 0 Å². The highest BCUT2D eigenvalue weighted by Crippen LogP contribution is 2.16. The molecule has 1 aliphatic heterocycles. The highest BCUT2D eigenvalue weighted by atomic mass is 16.5. The summed E-state index contributed by atoms with van der Waals surface area (Å²) in [5.74, 6) is -1.49. The van der Waals surface area contributed by atoms with Crippen LogP contribution in [-0.4, -0.2) is 36.2 Å². The van der Waals surface area contributed by atoms with Crippen molar-refractivity contribution in [2.24, 2.45) is 0 Å². The Morgan fingerprint density at radius 2 is 1.75 bits per heavy atom. The highest BCUT2D eigenvalue weighted by Gasteiger charge is 2.11.